The van der Waals surface area contributed by atoms with Crippen molar-refractivity contribution in [3.8, 4) is 5.75 Å². The number of halogens is 1. The summed E-state index contributed by atoms with van der Waals surface area (Å²) in [6.45, 7) is 5.67. The Balaban J connectivity index is 1.55. The molecule has 0 radical (unpaired) electrons. The molecule has 0 unspecified atom stereocenters. The van der Waals surface area contributed by atoms with Crippen molar-refractivity contribution in [2.75, 3.05) is 46.0 Å². The smallest absolute Gasteiger partial charge is 0.257 e. The summed E-state index contributed by atoms with van der Waals surface area (Å²) in [6.07, 6.45) is 0.984. The Bertz CT molecular complexity index is 450. The molecule has 2 N–H and O–H groups in total. The number of nitrogens with one attached hydrogen (secondary N) is 2. The zero-order valence-electron chi connectivity index (χ0n) is 12.1. The van der Waals surface area contributed by atoms with E-state index in [0.29, 0.717) is 12.3 Å². The van der Waals surface area contributed by atoms with Gasteiger partial charge in [-0.2, -0.15) is 0 Å². The van der Waals surface area contributed by atoms with E-state index in [2.05, 4.69) is 21.2 Å². The van der Waals surface area contributed by atoms with Crippen LogP contribution < -0.4 is 15.0 Å². The van der Waals surface area contributed by atoms with Crippen molar-refractivity contribution in [2.24, 2.45) is 0 Å². The van der Waals surface area contributed by atoms with Crippen LogP contribution in [0.15, 0.2) is 28.7 Å². The number of benzene rings is 1. The molecule has 5 nitrogen and oxygen atoms in total. The Labute approximate surface area is 133 Å². The van der Waals surface area contributed by atoms with Crippen molar-refractivity contribution < 1.29 is 19.2 Å². The molecule has 2 rings (SSSR count). The number of rotatable bonds is 7. The largest absolute Gasteiger partial charge is 0.484 e. The SMILES string of the molecule is O=C(COc1cccc(Br)c1)NCCC[NH+]1CCOCC1. The van der Waals surface area contributed by atoms with E-state index in [0.717, 1.165) is 43.7 Å². The molecule has 0 spiro atoms. The minimum Gasteiger partial charge on any atom is -0.484 e. The molecule has 6 heteroatoms. The normalized spacial score (nSPS) is 15.7. The van der Waals surface area contributed by atoms with Crippen LogP contribution in [0.25, 0.3) is 0 Å². The van der Waals surface area contributed by atoms with Crippen LogP contribution in [0.4, 0.5) is 0 Å². The fourth-order valence-electron chi connectivity index (χ4n) is 2.23. The molecule has 1 heterocycles. The number of carbonyl (C=O) groups is 1. The van der Waals surface area contributed by atoms with Gasteiger partial charge < -0.3 is 19.7 Å². The van der Waals surface area contributed by atoms with Crippen LogP contribution in [0, 0.1) is 0 Å². The molecular weight excluding hydrogens is 336 g/mol. The van der Waals surface area contributed by atoms with Crippen molar-refractivity contribution >= 4 is 21.8 Å². The Kier molecular flexibility index (Phi) is 6.99. The molecule has 1 aromatic carbocycles. The third-order valence-corrected chi connectivity index (χ3v) is 3.89. The van der Waals surface area contributed by atoms with Gasteiger partial charge in [0.15, 0.2) is 6.61 Å². The van der Waals surface area contributed by atoms with Crippen LogP contribution in [-0.2, 0) is 9.53 Å². The van der Waals surface area contributed by atoms with E-state index >= 15 is 0 Å². The quantitative estimate of drug-likeness (QED) is 0.687. The molecule has 0 atom stereocenters. The first kappa shape index (κ1) is 16.3. The van der Waals surface area contributed by atoms with Gasteiger partial charge in [-0.15, -0.1) is 0 Å². The lowest BCUT2D eigenvalue weighted by atomic mass is 10.3. The second kappa shape index (κ2) is 9.02. The molecule has 1 aliphatic heterocycles. The van der Waals surface area contributed by atoms with Gasteiger partial charge >= 0.3 is 0 Å². The number of amides is 1. The molecule has 1 saturated heterocycles. The Hall–Kier alpha value is -1.11. The van der Waals surface area contributed by atoms with Gasteiger partial charge in [0.2, 0.25) is 0 Å². The second-order valence-corrected chi connectivity index (χ2v) is 5.98. The average molecular weight is 358 g/mol. The van der Waals surface area contributed by atoms with Crippen LogP contribution >= 0.6 is 15.9 Å². The highest BCUT2D eigenvalue weighted by Gasteiger charge is 2.12. The average Bonchev–Trinajstić information content (AvgIpc) is 2.51. The number of hydrogen-bond acceptors (Lipinski definition) is 3. The molecule has 21 heavy (non-hydrogen) atoms. The standard InChI is InChI=1S/C15H21BrN2O3/c16-13-3-1-4-14(11-13)21-12-15(19)17-5-2-6-18-7-9-20-10-8-18/h1,3-4,11H,2,5-10,12H2,(H,17,19)/p+1. The fourth-order valence-corrected chi connectivity index (χ4v) is 2.61. The van der Waals surface area contributed by atoms with Crippen molar-refractivity contribution in [3.63, 3.8) is 0 Å². The van der Waals surface area contributed by atoms with Crippen molar-refractivity contribution in [1.29, 1.82) is 0 Å². The molecule has 1 amide bonds. The van der Waals surface area contributed by atoms with Gasteiger partial charge in [-0.05, 0) is 18.2 Å². The predicted octanol–water partition coefficient (Wildman–Crippen LogP) is 0.249. The van der Waals surface area contributed by atoms with E-state index < -0.39 is 0 Å². The molecule has 116 valence electrons. The second-order valence-electron chi connectivity index (χ2n) is 5.06. The minimum atomic E-state index is -0.0769. The molecule has 0 saturated carbocycles. The van der Waals surface area contributed by atoms with Gasteiger partial charge in [0.05, 0.1) is 19.8 Å². The van der Waals surface area contributed by atoms with E-state index in [1.165, 1.54) is 0 Å². The van der Waals surface area contributed by atoms with Gasteiger partial charge in [-0.25, -0.2) is 0 Å². The Morgan fingerprint density at radius 1 is 1.38 bits per heavy atom. The summed E-state index contributed by atoms with van der Waals surface area (Å²) in [5, 5.41) is 2.89. The number of ether oxygens (including phenoxy) is 2. The Morgan fingerprint density at radius 2 is 2.19 bits per heavy atom. The van der Waals surface area contributed by atoms with Gasteiger partial charge in [0.1, 0.15) is 18.8 Å². The molecule has 1 fully saturated rings. The zero-order valence-corrected chi connectivity index (χ0v) is 13.7. The van der Waals surface area contributed by atoms with Crippen molar-refractivity contribution in [3.05, 3.63) is 28.7 Å². The van der Waals surface area contributed by atoms with E-state index in [1.54, 1.807) is 4.90 Å². The van der Waals surface area contributed by atoms with E-state index in [1.807, 2.05) is 24.3 Å². The van der Waals surface area contributed by atoms with E-state index in [4.69, 9.17) is 9.47 Å². The minimum absolute atomic E-state index is 0.0564. The molecule has 0 aliphatic carbocycles. The number of carbonyl (C=O) groups excluding carboxylic acids is 1. The monoisotopic (exact) mass is 357 g/mol. The van der Waals surface area contributed by atoms with Gasteiger partial charge in [-0.1, -0.05) is 22.0 Å². The maximum atomic E-state index is 11.7. The van der Waals surface area contributed by atoms with Crippen LogP contribution in [0.3, 0.4) is 0 Å². The first-order chi connectivity index (χ1) is 10.2. The lowest BCUT2D eigenvalue weighted by Crippen LogP contribution is -3.14. The van der Waals surface area contributed by atoms with Crippen LogP contribution in [-0.4, -0.2) is 51.9 Å². The summed E-state index contributed by atoms with van der Waals surface area (Å²) < 4.78 is 11.7. The third-order valence-electron chi connectivity index (χ3n) is 3.40. The third kappa shape index (κ3) is 6.46. The zero-order chi connectivity index (χ0) is 14.9. The number of morpholine rings is 1. The highest BCUT2D eigenvalue weighted by molar-refractivity contribution is 9.10. The maximum absolute atomic E-state index is 11.7. The van der Waals surface area contributed by atoms with E-state index in [9.17, 15) is 4.79 Å². The molecular formula is C15H22BrN2O3+. The van der Waals surface area contributed by atoms with Crippen LogP contribution in [0.5, 0.6) is 5.75 Å². The van der Waals surface area contributed by atoms with Crippen molar-refractivity contribution in [1.82, 2.24) is 5.32 Å². The summed E-state index contributed by atoms with van der Waals surface area (Å²) >= 11 is 3.37. The number of quaternary nitrogens is 1. The lowest BCUT2D eigenvalue weighted by Gasteiger charge is -2.23. The highest BCUT2D eigenvalue weighted by atomic mass is 79.9. The van der Waals surface area contributed by atoms with Crippen LogP contribution in [0.2, 0.25) is 0 Å². The summed E-state index contributed by atoms with van der Waals surface area (Å²) in [5.41, 5.74) is 0. The summed E-state index contributed by atoms with van der Waals surface area (Å²) in [5.74, 6) is 0.615. The molecule has 1 aliphatic rings. The summed E-state index contributed by atoms with van der Waals surface area (Å²) in [6, 6.07) is 7.47. The van der Waals surface area contributed by atoms with Gasteiger partial charge in [-0.3, -0.25) is 4.79 Å². The van der Waals surface area contributed by atoms with Gasteiger partial charge in [0.25, 0.3) is 5.91 Å². The highest BCUT2D eigenvalue weighted by Crippen LogP contribution is 2.17. The molecule has 0 aromatic heterocycles. The fraction of sp³-hybridized carbons (Fsp3) is 0.533. The first-order valence-corrected chi connectivity index (χ1v) is 8.10. The predicted molar refractivity (Wildman–Crippen MR) is 83.6 cm³/mol. The first-order valence-electron chi connectivity index (χ1n) is 7.30. The maximum Gasteiger partial charge on any atom is 0.257 e. The topological polar surface area (TPSA) is 52.0 Å². The molecule has 1 aromatic rings. The molecule has 0 bridgehead atoms. The van der Waals surface area contributed by atoms with E-state index in [-0.39, 0.29) is 12.5 Å². The number of hydrogen-bond donors (Lipinski definition) is 2. The van der Waals surface area contributed by atoms with Crippen molar-refractivity contribution in [2.45, 2.75) is 6.42 Å². The van der Waals surface area contributed by atoms with Gasteiger partial charge in [0, 0.05) is 17.4 Å². The summed E-state index contributed by atoms with van der Waals surface area (Å²) in [7, 11) is 0. The lowest BCUT2D eigenvalue weighted by molar-refractivity contribution is -0.908. The Morgan fingerprint density at radius 3 is 2.95 bits per heavy atom. The summed E-state index contributed by atoms with van der Waals surface area (Å²) in [4.78, 5) is 13.2. The van der Waals surface area contributed by atoms with Crippen LogP contribution in [0.1, 0.15) is 6.42 Å².